The number of nitrogens with zero attached hydrogens (tertiary/aromatic N) is 2. The summed E-state index contributed by atoms with van der Waals surface area (Å²) in [6.45, 7) is 0.735. The van der Waals surface area contributed by atoms with Crippen LogP contribution < -0.4 is 10.6 Å². The zero-order valence-electron chi connectivity index (χ0n) is 14.5. The summed E-state index contributed by atoms with van der Waals surface area (Å²) in [5.41, 5.74) is 2.46. The predicted molar refractivity (Wildman–Crippen MR) is 94.4 cm³/mol. The summed E-state index contributed by atoms with van der Waals surface area (Å²) in [4.78, 5) is 12.6. The van der Waals surface area contributed by atoms with Gasteiger partial charge in [0, 0.05) is 25.4 Å². The van der Waals surface area contributed by atoms with E-state index in [9.17, 15) is 4.79 Å². The standard InChI is InChI=1S/C19H26N4O/c1-20-17(16-12-22-23(2)13-16)18(24)21-14-19(9-6-10-19)11-15-7-4-3-5-8-15/h3-5,7-8,12-13,17,20H,6,9-11,14H2,1-2H3,(H,21,24). The van der Waals surface area contributed by atoms with Crippen molar-refractivity contribution >= 4 is 5.91 Å². The van der Waals surface area contributed by atoms with Crippen molar-refractivity contribution in [2.24, 2.45) is 12.5 Å². The van der Waals surface area contributed by atoms with Gasteiger partial charge in [0.05, 0.1) is 6.20 Å². The Morgan fingerprint density at radius 2 is 2.08 bits per heavy atom. The van der Waals surface area contributed by atoms with Crippen LogP contribution >= 0.6 is 0 Å². The SMILES string of the molecule is CNC(C(=O)NCC1(Cc2ccccc2)CCC1)c1cnn(C)c1. The Morgan fingerprint density at radius 1 is 1.33 bits per heavy atom. The molecule has 1 atom stereocenters. The van der Waals surface area contributed by atoms with Gasteiger partial charge in [-0.05, 0) is 37.3 Å². The van der Waals surface area contributed by atoms with Crippen LogP contribution in [0.3, 0.4) is 0 Å². The molecule has 128 valence electrons. The maximum atomic E-state index is 12.6. The predicted octanol–water partition coefficient (Wildman–Crippen LogP) is 2.21. The van der Waals surface area contributed by atoms with Crippen molar-refractivity contribution in [2.75, 3.05) is 13.6 Å². The lowest BCUT2D eigenvalue weighted by Crippen LogP contribution is -2.46. The average molecular weight is 326 g/mol. The van der Waals surface area contributed by atoms with Crippen molar-refractivity contribution in [3.8, 4) is 0 Å². The Morgan fingerprint density at radius 3 is 2.62 bits per heavy atom. The van der Waals surface area contributed by atoms with Gasteiger partial charge in [0.25, 0.3) is 0 Å². The lowest BCUT2D eigenvalue weighted by atomic mass is 9.65. The molecule has 3 rings (SSSR count). The Bertz CT molecular complexity index is 676. The van der Waals surface area contributed by atoms with Crippen LogP contribution in [0.1, 0.15) is 36.4 Å². The highest BCUT2D eigenvalue weighted by Crippen LogP contribution is 2.43. The molecule has 5 heteroatoms. The number of carbonyl (C=O) groups excluding carboxylic acids is 1. The zero-order chi connectivity index (χ0) is 17.0. The first kappa shape index (κ1) is 16.7. The summed E-state index contributed by atoms with van der Waals surface area (Å²) in [5, 5.41) is 10.4. The monoisotopic (exact) mass is 326 g/mol. The molecule has 0 spiro atoms. The van der Waals surface area contributed by atoms with Gasteiger partial charge in [-0.3, -0.25) is 9.48 Å². The third-order valence-corrected chi connectivity index (χ3v) is 5.08. The minimum Gasteiger partial charge on any atom is -0.354 e. The molecule has 0 aliphatic heterocycles. The second-order valence-electron chi connectivity index (χ2n) is 6.90. The smallest absolute Gasteiger partial charge is 0.241 e. The van der Waals surface area contributed by atoms with Crippen LogP contribution in [-0.4, -0.2) is 29.3 Å². The van der Waals surface area contributed by atoms with Crippen molar-refractivity contribution in [1.29, 1.82) is 0 Å². The van der Waals surface area contributed by atoms with E-state index in [2.05, 4.69) is 40.0 Å². The number of aromatic nitrogens is 2. The number of amides is 1. The van der Waals surface area contributed by atoms with Crippen molar-refractivity contribution in [3.63, 3.8) is 0 Å². The first-order chi connectivity index (χ1) is 11.6. The molecule has 1 aliphatic carbocycles. The molecule has 1 aromatic carbocycles. The average Bonchev–Trinajstić information content (AvgIpc) is 2.97. The van der Waals surface area contributed by atoms with E-state index >= 15 is 0 Å². The topological polar surface area (TPSA) is 59.0 Å². The maximum Gasteiger partial charge on any atom is 0.241 e. The van der Waals surface area contributed by atoms with Gasteiger partial charge in [-0.15, -0.1) is 0 Å². The van der Waals surface area contributed by atoms with E-state index in [0.29, 0.717) is 0 Å². The van der Waals surface area contributed by atoms with E-state index in [-0.39, 0.29) is 17.4 Å². The number of hydrogen-bond acceptors (Lipinski definition) is 3. The molecule has 2 aromatic rings. The van der Waals surface area contributed by atoms with Crippen LogP contribution in [-0.2, 0) is 18.3 Å². The third kappa shape index (κ3) is 3.67. The molecule has 24 heavy (non-hydrogen) atoms. The number of carbonyl (C=O) groups is 1. The third-order valence-electron chi connectivity index (χ3n) is 5.08. The summed E-state index contributed by atoms with van der Waals surface area (Å²) < 4.78 is 1.72. The van der Waals surface area contributed by atoms with E-state index in [1.54, 1.807) is 17.9 Å². The van der Waals surface area contributed by atoms with Crippen molar-refractivity contribution in [3.05, 3.63) is 53.9 Å². The lowest BCUT2D eigenvalue weighted by molar-refractivity contribution is -0.124. The highest BCUT2D eigenvalue weighted by atomic mass is 16.2. The minimum atomic E-state index is -0.354. The molecular formula is C19H26N4O. The first-order valence-corrected chi connectivity index (χ1v) is 8.59. The number of rotatable bonds is 7. The zero-order valence-corrected chi connectivity index (χ0v) is 14.5. The molecule has 1 unspecified atom stereocenters. The number of hydrogen-bond donors (Lipinski definition) is 2. The van der Waals surface area contributed by atoms with Crippen LogP contribution in [0.5, 0.6) is 0 Å². The molecule has 2 N–H and O–H groups in total. The molecule has 1 aliphatic rings. The molecule has 1 amide bonds. The van der Waals surface area contributed by atoms with E-state index < -0.39 is 0 Å². The van der Waals surface area contributed by atoms with E-state index in [0.717, 1.165) is 18.5 Å². The van der Waals surface area contributed by atoms with Crippen LogP contribution in [0.25, 0.3) is 0 Å². The van der Waals surface area contributed by atoms with E-state index in [1.807, 2.05) is 19.3 Å². The van der Waals surface area contributed by atoms with Gasteiger partial charge in [-0.1, -0.05) is 36.8 Å². The Kier molecular flexibility index (Phi) is 5.00. The molecule has 1 aromatic heterocycles. The van der Waals surface area contributed by atoms with E-state index in [4.69, 9.17) is 0 Å². The number of likely N-dealkylation sites (N-methyl/N-ethyl adjacent to an activating group) is 1. The summed E-state index contributed by atoms with van der Waals surface area (Å²) in [7, 11) is 3.66. The largest absolute Gasteiger partial charge is 0.354 e. The molecule has 5 nitrogen and oxygen atoms in total. The van der Waals surface area contributed by atoms with Gasteiger partial charge in [0.2, 0.25) is 5.91 Å². The van der Waals surface area contributed by atoms with Crippen LogP contribution in [0.2, 0.25) is 0 Å². The maximum absolute atomic E-state index is 12.6. The number of nitrogens with one attached hydrogen (secondary N) is 2. The number of aryl methyl sites for hydroxylation is 1. The summed E-state index contributed by atoms with van der Waals surface area (Å²) >= 11 is 0. The second kappa shape index (κ2) is 7.18. The fourth-order valence-corrected chi connectivity index (χ4v) is 3.54. The Hall–Kier alpha value is -2.14. The fourth-order valence-electron chi connectivity index (χ4n) is 3.54. The highest BCUT2D eigenvalue weighted by molar-refractivity contribution is 5.83. The molecule has 0 saturated heterocycles. The molecule has 0 radical (unpaired) electrons. The molecular weight excluding hydrogens is 300 g/mol. The first-order valence-electron chi connectivity index (χ1n) is 8.59. The van der Waals surface area contributed by atoms with Gasteiger partial charge >= 0.3 is 0 Å². The fraction of sp³-hybridized carbons (Fsp3) is 0.474. The van der Waals surface area contributed by atoms with Gasteiger partial charge in [0.1, 0.15) is 6.04 Å². The van der Waals surface area contributed by atoms with E-state index in [1.165, 1.54) is 24.8 Å². The molecule has 1 fully saturated rings. The van der Waals surface area contributed by atoms with Crippen LogP contribution in [0, 0.1) is 5.41 Å². The summed E-state index contributed by atoms with van der Waals surface area (Å²) in [6, 6.07) is 10.2. The minimum absolute atomic E-state index is 0.0184. The molecule has 1 heterocycles. The van der Waals surface area contributed by atoms with Gasteiger partial charge in [-0.25, -0.2) is 0 Å². The van der Waals surface area contributed by atoms with Crippen molar-refractivity contribution in [1.82, 2.24) is 20.4 Å². The highest BCUT2D eigenvalue weighted by Gasteiger charge is 2.37. The normalized spacial score (nSPS) is 17.1. The quantitative estimate of drug-likeness (QED) is 0.820. The van der Waals surface area contributed by atoms with Gasteiger partial charge in [0.15, 0.2) is 0 Å². The van der Waals surface area contributed by atoms with Crippen molar-refractivity contribution in [2.45, 2.75) is 31.7 Å². The second-order valence-corrected chi connectivity index (χ2v) is 6.90. The Labute approximate surface area is 143 Å². The molecule has 0 bridgehead atoms. The van der Waals surface area contributed by atoms with Crippen molar-refractivity contribution < 1.29 is 4.79 Å². The summed E-state index contributed by atoms with van der Waals surface area (Å²) in [5.74, 6) is 0.0184. The van der Waals surface area contributed by atoms with Gasteiger partial charge < -0.3 is 10.6 Å². The van der Waals surface area contributed by atoms with Crippen LogP contribution in [0.4, 0.5) is 0 Å². The lowest BCUT2D eigenvalue weighted by Gasteiger charge is -2.42. The Balaban J connectivity index is 1.61. The van der Waals surface area contributed by atoms with Crippen LogP contribution in [0.15, 0.2) is 42.7 Å². The van der Waals surface area contributed by atoms with Gasteiger partial charge in [-0.2, -0.15) is 5.10 Å². The number of benzene rings is 1. The summed E-state index contributed by atoms with van der Waals surface area (Å²) in [6.07, 6.45) is 8.26. The molecule has 1 saturated carbocycles.